The van der Waals surface area contributed by atoms with E-state index in [0.717, 1.165) is 35.6 Å². The van der Waals surface area contributed by atoms with E-state index in [-0.39, 0.29) is 5.91 Å². The number of rotatable bonds is 2. The molecule has 2 heterocycles. The zero-order chi connectivity index (χ0) is 26.8. The fourth-order valence-electron chi connectivity index (χ4n) is 2.29. The number of carboxylic acid groups (broad SMARTS) is 2. The smallest absolute Gasteiger partial charge is 0.476 e. The number of pyridine rings is 1. The molecule has 9 nitrogen and oxygen atoms in total. The van der Waals surface area contributed by atoms with Crippen molar-refractivity contribution in [1.29, 1.82) is 0 Å². The first-order valence-electron chi connectivity index (χ1n) is 9.43. The molecular formula is C20H19F6N3O6. The Hall–Kier alpha value is -3.88. The van der Waals surface area contributed by atoms with Crippen LogP contribution >= 0.6 is 0 Å². The van der Waals surface area contributed by atoms with E-state index >= 15 is 0 Å². The van der Waals surface area contributed by atoms with Gasteiger partial charge < -0.3 is 25.6 Å². The number of alkyl halides is 6. The fraction of sp³-hybridized carbons (Fsp3) is 0.300. The summed E-state index contributed by atoms with van der Waals surface area (Å²) in [6.45, 7) is 3.71. The highest BCUT2D eigenvalue weighted by atomic mass is 19.4. The molecule has 35 heavy (non-hydrogen) atoms. The highest BCUT2D eigenvalue weighted by Gasteiger charge is 2.38. The van der Waals surface area contributed by atoms with Crippen molar-refractivity contribution in [2.45, 2.75) is 25.8 Å². The van der Waals surface area contributed by atoms with Crippen LogP contribution in [-0.4, -0.2) is 58.5 Å². The zero-order valence-corrected chi connectivity index (χ0v) is 17.8. The molecule has 0 radical (unpaired) electrons. The number of halogens is 6. The first kappa shape index (κ1) is 29.2. The molecule has 0 saturated heterocycles. The zero-order valence-electron chi connectivity index (χ0n) is 17.8. The van der Waals surface area contributed by atoms with Crippen LogP contribution in [0.5, 0.6) is 5.88 Å². The van der Waals surface area contributed by atoms with Gasteiger partial charge in [-0.1, -0.05) is 18.2 Å². The van der Waals surface area contributed by atoms with Crippen molar-refractivity contribution >= 4 is 23.5 Å². The lowest BCUT2D eigenvalue weighted by Crippen LogP contribution is -2.21. The third kappa shape index (κ3) is 10.7. The van der Waals surface area contributed by atoms with E-state index in [1.165, 1.54) is 6.92 Å². The average Bonchev–Trinajstić information content (AvgIpc) is 2.98. The van der Waals surface area contributed by atoms with Crippen LogP contribution in [0.4, 0.5) is 32.0 Å². The fourth-order valence-corrected chi connectivity index (χ4v) is 2.29. The Labute approximate surface area is 193 Å². The van der Waals surface area contributed by atoms with Gasteiger partial charge in [0.15, 0.2) is 0 Å². The summed E-state index contributed by atoms with van der Waals surface area (Å²) in [5.41, 5.74) is 3.61. The quantitative estimate of drug-likeness (QED) is 0.450. The number of ether oxygens (including phenoxy) is 1. The molecular weight excluding hydrogens is 492 g/mol. The van der Waals surface area contributed by atoms with Crippen LogP contribution in [0.1, 0.15) is 12.5 Å². The summed E-state index contributed by atoms with van der Waals surface area (Å²) in [6.07, 6.45) is -10.2. The number of nitrogens with zero attached hydrogens (tertiary/aromatic N) is 1. The van der Waals surface area contributed by atoms with Crippen LogP contribution in [0.25, 0.3) is 11.3 Å². The summed E-state index contributed by atoms with van der Waals surface area (Å²) in [4.78, 5) is 33.5. The van der Waals surface area contributed by atoms with Crippen LogP contribution < -0.4 is 15.4 Å². The molecule has 3 rings (SSSR count). The number of carbonyl (C=O) groups is 3. The number of carbonyl (C=O) groups excluding carboxylic acids is 1. The molecule has 1 aromatic carbocycles. The number of benzene rings is 1. The van der Waals surface area contributed by atoms with Crippen LogP contribution in [0.2, 0.25) is 0 Å². The SMILES string of the molecule is CC(=O)Nc1cccc(-c2ccc3c(n2)OCCNC3)c1.O=C(O)C(F)(F)F.O=C(O)C(F)(F)F. The number of hydrogen-bond acceptors (Lipinski definition) is 6. The minimum Gasteiger partial charge on any atom is -0.476 e. The highest BCUT2D eigenvalue weighted by Crippen LogP contribution is 2.26. The molecule has 15 heteroatoms. The summed E-state index contributed by atoms with van der Waals surface area (Å²) in [5.74, 6) is -4.92. The van der Waals surface area contributed by atoms with Crippen molar-refractivity contribution in [2.75, 3.05) is 18.5 Å². The van der Waals surface area contributed by atoms with Crippen LogP contribution in [0.3, 0.4) is 0 Å². The Balaban J connectivity index is 0.000000362. The van der Waals surface area contributed by atoms with Gasteiger partial charge in [-0.05, 0) is 18.2 Å². The Morgan fingerprint density at radius 1 is 1.00 bits per heavy atom. The van der Waals surface area contributed by atoms with E-state index in [1.54, 1.807) is 0 Å². The maximum Gasteiger partial charge on any atom is 0.490 e. The molecule has 2 aromatic rings. The number of fused-ring (bicyclic) bond motifs is 1. The predicted molar refractivity (Wildman–Crippen MR) is 109 cm³/mol. The van der Waals surface area contributed by atoms with Crippen molar-refractivity contribution in [1.82, 2.24) is 10.3 Å². The van der Waals surface area contributed by atoms with Crippen molar-refractivity contribution in [3.8, 4) is 17.1 Å². The number of amides is 1. The van der Waals surface area contributed by atoms with Gasteiger partial charge >= 0.3 is 24.3 Å². The van der Waals surface area contributed by atoms with E-state index in [4.69, 9.17) is 24.5 Å². The van der Waals surface area contributed by atoms with Gasteiger partial charge in [-0.15, -0.1) is 0 Å². The second kappa shape index (κ2) is 12.5. The van der Waals surface area contributed by atoms with Crippen LogP contribution in [-0.2, 0) is 20.9 Å². The molecule has 0 unspecified atom stereocenters. The van der Waals surface area contributed by atoms with E-state index in [9.17, 15) is 31.1 Å². The minimum atomic E-state index is -5.08. The van der Waals surface area contributed by atoms with Crippen LogP contribution in [0.15, 0.2) is 36.4 Å². The first-order valence-corrected chi connectivity index (χ1v) is 9.43. The Bertz CT molecular complexity index is 1020. The monoisotopic (exact) mass is 511 g/mol. The van der Waals surface area contributed by atoms with Gasteiger partial charge in [-0.3, -0.25) is 4.79 Å². The predicted octanol–water partition coefficient (Wildman–Crippen LogP) is 3.46. The van der Waals surface area contributed by atoms with Gasteiger partial charge in [-0.2, -0.15) is 26.3 Å². The first-order chi connectivity index (χ1) is 16.1. The molecule has 192 valence electrons. The van der Waals surface area contributed by atoms with Crippen molar-refractivity contribution in [3.05, 3.63) is 42.0 Å². The van der Waals surface area contributed by atoms with Crippen molar-refractivity contribution in [3.63, 3.8) is 0 Å². The molecule has 1 amide bonds. The van der Waals surface area contributed by atoms with Crippen molar-refractivity contribution in [2.24, 2.45) is 0 Å². The molecule has 0 saturated carbocycles. The number of nitrogens with one attached hydrogen (secondary N) is 2. The summed E-state index contributed by atoms with van der Waals surface area (Å²) >= 11 is 0. The lowest BCUT2D eigenvalue weighted by molar-refractivity contribution is -0.193. The highest BCUT2D eigenvalue weighted by molar-refractivity contribution is 5.89. The Morgan fingerprint density at radius 3 is 2.09 bits per heavy atom. The van der Waals surface area contributed by atoms with Crippen LogP contribution in [0, 0.1) is 0 Å². The van der Waals surface area contributed by atoms with Gasteiger partial charge in [0.1, 0.15) is 6.61 Å². The largest absolute Gasteiger partial charge is 0.490 e. The number of carboxylic acids is 2. The number of aliphatic carboxylic acids is 2. The maximum absolute atomic E-state index is 11.1. The average molecular weight is 511 g/mol. The van der Waals surface area contributed by atoms with Crippen molar-refractivity contribution < 1.29 is 55.7 Å². The summed E-state index contributed by atoms with van der Waals surface area (Å²) in [7, 11) is 0. The number of hydrogen-bond donors (Lipinski definition) is 4. The summed E-state index contributed by atoms with van der Waals surface area (Å²) < 4.78 is 69.1. The molecule has 1 aromatic heterocycles. The minimum absolute atomic E-state index is 0.0866. The molecule has 4 N–H and O–H groups in total. The topological polar surface area (TPSA) is 138 Å². The second-order valence-electron chi connectivity index (χ2n) is 6.55. The molecule has 1 aliphatic rings. The lowest BCUT2D eigenvalue weighted by Gasteiger charge is -2.09. The molecule has 0 aliphatic carbocycles. The van der Waals surface area contributed by atoms with E-state index in [0.29, 0.717) is 12.5 Å². The lowest BCUT2D eigenvalue weighted by atomic mass is 10.1. The maximum atomic E-state index is 11.1. The van der Waals surface area contributed by atoms with Gasteiger partial charge in [0.2, 0.25) is 11.8 Å². The van der Waals surface area contributed by atoms with Gasteiger partial charge in [0.25, 0.3) is 0 Å². The molecule has 0 bridgehead atoms. The summed E-state index contributed by atoms with van der Waals surface area (Å²) in [5, 5.41) is 20.3. The van der Waals surface area contributed by atoms with Gasteiger partial charge in [0, 0.05) is 36.8 Å². The molecule has 0 fully saturated rings. The normalized spacial score (nSPS) is 12.8. The molecule has 0 spiro atoms. The number of aromatic nitrogens is 1. The van der Waals surface area contributed by atoms with E-state index in [2.05, 4.69) is 15.6 Å². The third-order valence-corrected chi connectivity index (χ3v) is 3.74. The second-order valence-corrected chi connectivity index (χ2v) is 6.55. The van der Waals surface area contributed by atoms with Gasteiger partial charge in [0.05, 0.1) is 5.69 Å². The summed E-state index contributed by atoms with van der Waals surface area (Å²) in [6, 6.07) is 11.6. The Kier molecular flexibility index (Phi) is 10.4. The van der Waals surface area contributed by atoms with Gasteiger partial charge in [-0.25, -0.2) is 14.6 Å². The van der Waals surface area contributed by atoms with E-state index in [1.807, 2.05) is 36.4 Å². The van der Waals surface area contributed by atoms with E-state index < -0.39 is 24.3 Å². The molecule has 0 atom stereocenters. The number of anilines is 1. The Morgan fingerprint density at radius 2 is 1.57 bits per heavy atom. The molecule has 1 aliphatic heterocycles. The third-order valence-electron chi connectivity index (χ3n) is 3.74. The standard InChI is InChI=1S/C16H17N3O2.2C2HF3O2/c1-11(20)18-14-4-2-3-12(9-14)15-6-5-13-10-17-7-8-21-16(13)19-15;2*3-2(4,5)1(6)7/h2-6,9,17H,7-8,10H2,1H3,(H,18,20);2*(H,6,7).